The minimum absolute atomic E-state index is 0.309. The van der Waals surface area contributed by atoms with Crippen LogP contribution in [0.5, 0.6) is 23.0 Å². The van der Waals surface area contributed by atoms with Crippen molar-refractivity contribution in [2.75, 3.05) is 9.80 Å². The Kier molecular flexibility index (Phi) is 8.04. The number of nitrogens with zero attached hydrogens (tertiary/aromatic N) is 2. The van der Waals surface area contributed by atoms with E-state index in [9.17, 15) is 26.3 Å². The minimum Gasteiger partial charge on any atom is -0.453 e. The molecule has 0 bridgehead atoms. The summed E-state index contributed by atoms with van der Waals surface area (Å²) in [6.07, 6.45) is -3.89. The molecule has 0 saturated heterocycles. The third-order valence-electron chi connectivity index (χ3n) is 10.2. The molecule has 10 heteroatoms. The fraction of sp³-hybridized carbons (Fsp3) is 0.111. The van der Waals surface area contributed by atoms with E-state index in [2.05, 4.69) is 0 Å². The molecular weight excluding hydrogens is 714 g/mol. The molecule has 0 radical (unpaired) electrons. The molecule has 2 unspecified atom stereocenters. The summed E-state index contributed by atoms with van der Waals surface area (Å²) in [7, 11) is 0. The number of ether oxygens (including phenoxy) is 2. The topological polar surface area (TPSA) is 24.9 Å². The van der Waals surface area contributed by atoms with Crippen molar-refractivity contribution in [1.82, 2.24) is 0 Å². The van der Waals surface area contributed by atoms with Gasteiger partial charge in [-0.1, -0.05) is 73.7 Å². The predicted octanol–water partition coefficient (Wildman–Crippen LogP) is 14.2. The highest BCUT2D eigenvalue weighted by Crippen LogP contribution is 2.55. The third kappa shape index (κ3) is 5.98. The zero-order chi connectivity index (χ0) is 38.1. The molecule has 4 nitrogen and oxygen atoms in total. The second kappa shape index (κ2) is 12.9. The lowest BCUT2D eigenvalue weighted by Crippen LogP contribution is -2.21. The number of hydrogen-bond acceptors (Lipinski definition) is 4. The summed E-state index contributed by atoms with van der Waals surface area (Å²) in [5.74, 6) is 1.14. The van der Waals surface area contributed by atoms with Crippen LogP contribution in [0.15, 0.2) is 152 Å². The van der Waals surface area contributed by atoms with Gasteiger partial charge in [0.15, 0.2) is 23.0 Å². The highest BCUT2D eigenvalue weighted by atomic mass is 19.4. The van der Waals surface area contributed by atoms with E-state index in [1.165, 1.54) is 18.2 Å². The second-order valence-corrected chi connectivity index (χ2v) is 13.6. The van der Waals surface area contributed by atoms with Crippen LogP contribution in [-0.2, 0) is 12.4 Å². The molecule has 0 spiro atoms. The number of alkyl halides is 6. The Morgan fingerprint density at radius 1 is 0.491 bits per heavy atom. The predicted molar refractivity (Wildman–Crippen MR) is 201 cm³/mol. The van der Waals surface area contributed by atoms with Crippen LogP contribution in [0.25, 0.3) is 5.57 Å². The van der Waals surface area contributed by atoms with Crippen LogP contribution < -0.4 is 19.3 Å². The van der Waals surface area contributed by atoms with E-state index < -0.39 is 35.3 Å². The minimum atomic E-state index is -4.63. The Balaban J connectivity index is 1.19. The average Bonchev–Trinajstić information content (AvgIpc) is 3.18. The Bertz CT molecular complexity index is 2450. The summed E-state index contributed by atoms with van der Waals surface area (Å²) in [6, 6.07) is 36.6. The summed E-state index contributed by atoms with van der Waals surface area (Å²) in [5, 5.41) is 0. The van der Waals surface area contributed by atoms with Gasteiger partial charge in [0.2, 0.25) is 0 Å². The van der Waals surface area contributed by atoms with Gasteiger partial charge in [0, 0.05) is 11.5 Å². The Hall–Kier alpha value is -6.42. The maximum Gasteiger partial charge on any atom is 0.416 e. The van der Waals surface area contributed by atoms with E-state index in [1.807, 2.05) is 95.6 Å². The van der Waals surface area contributed by atoms with E-state index in [0.29, 0.717) is 73.8 Å². The summed E-state index contributed by atoms with van der Waals surface area (Å²) in [6.45, 7) is 1.87. The van der Waals surface area contributed by atoms with Crippen LogP contribution in [0.1, 0.15) is 35.1 Å². The second-order valence-electron chi connectivity index (χ2n) is 13.6. The fourth-order valence-corrected chi connectivity index (χ4v) is 7.66. The smallest absolute Gasteiger partial charge is 0.416 e. The van der Waals surface area contributed by atoms with Crippen molar-refractivity contribution in [1.29, 1.82) is 0 Å². The van der Waals surface area contributed by atoms with E-state index in [1.54, 1.807) is 36.4 Å². The summed E-state index contributed by atoms with van der Waals surface area (Å²) in [4.78, 5) is 3.79. The molecule has 274 valence electrons. The molecule has 9 rings (SSSR count). The standard InChI is InChI=1S/C45H30F6N2O2/c1-27-24-28(32-25-29(44(46,47)48)19-22-34(32)52-36-10-2-6-14-40(36)54-41-15-7-3-11-37(41)52)18-21-31(27)33-26-30(45(49,50)51)20-23-35(33)53-38-12-4-8-16-42(38)55-43-17-9-5-13-39(43)53/h2-27,31H,1H3. The summed E-state index contributed by atoms with van der Waals surface area (Å²) >= 11 is 0. The highest BCUT2D eigenvalue weighted by Gasteiger charge is 2.37. The molecule has 6 aromatic carbocycles. The first-order valence-electron chi connectivity index (χ1n) is 17.6. The molecule has 1 aliphatic carbocycles. The maximum absolute atomic E-state index is 14.4. The van der Waals surface area contributed by atoms with Gasteiger partial charge in [-0.2, -0.15) is 26.3 Å². The third-order valence-corrected chi connectivity index (χ3v) is 10.2. The molecule has 3 aliphatic rings. The van der Waals surface area contributed by atoms with Crippen molar-refractivity contribution in [2.45, 2.75) is 25.2 Å². The van der Waals surface area contributed by atoms with E-state index >= 15 is 0 Å². The van der Waals surface area contributed by atoms with Gasteiger partial charge < -0.3 is 19.3 Å². The van der Waals surface area contributed by atoms with Gasteiger partial charge in [0.1, 0.15) is 0 Å². The van der Waals surface area contributed by atoms with Crippen molar-refractivity contribution >= 4 is 39.7 Å². The molecule has 0 aromatic heterocycles. The van der Waals surface area contributed by atoms with Gasteiger partial charge in [-0.05, 0) is 102 Å². The summed E-state index contributed by atoms with van der Waals surface area (Å²) < 4.78 is 98.5. The lowest BCUT2D eigenvalue weighted by atomic mass is 9.79. The largest absolute Gasteiger partial charge is 0.453 e. The zero-order valence-corrected chi connectivity index (χ0v) is 29.1. The van der Waals surface area contributed by atoms with Crippen LogP contribution >= 0.6 is 0 Å². The monoisotopic (exact) mass is 744 g/mol. The van der Waals surface area contributed by atoms with Crippen molar-refractivity contribution in [3.05, 3.63) is 174 Å². The lowest BCUT2D eigenvalue weighted by Gasteiger charge is -2.36. The maximum atomic E-state index is 14.4. The van der Waals surface area contributed by atoms with Crippen molar-refractivity contribution < 1.29 is 35.8 Å². The van der Waals surface area contributed by atoms with Crippen LogP contribution in [0.2, 0.25) is 0 Å². The van der Waals surface area contributed by atoms with E-state index in [4.69, 9.17) is 9.47 Å². The Labute approximate surface area is 312 Å². The van der Waals surface area contributed by atoms with E-state index in [-0.39, 0.29) is 0 Å². The highest BCUT2D eigenvalue weighted by molar-refractivity contribution is 5.94. The van der Waals surface area contributed by atoms with Gasteiger partial charge in [0.25, 0.3) is 0 Å². The number of anilines is 6. The lowest BCUT2D eigenvalue weighted by molar-refractivity contribution is -0.138. The molecule has 2 atom stereocenters. The first kappa shape index (κ1) is 34.4. The summed E-state index contributed by atoms with van der Waals surface area (Å²) in [5.41, 5.74) is 3.20. The number of allylic oxidation sites excluding steroid dienone is 4. The van der Waals surface area contributed by atoms with Crippen LogP contribution in [0, 0.1) is 5.92 Å². The number of fused-ring (bicyclic) bond motifs is 4. The number of benzene rings is 6. The molecule has 55 heavy (non-hydrogen) atoms. The number of hydrogen-bond donors (Lipinski definition) is 0. The normalized spacial score (nSPS) is 17.3. The van der Waals surface area contributed by atoms with Gasteiger partial charge >= 0.3 is 12.4 Å². The van der Waals surface area contributed by atoms with Gasteiger partial charge in [-0.15, -0.1) is 0 Å². The van der Waals surface area contributed by atoms with Crippen molar-refractivity contribution in [2.24, 2.45) is 5.92 Å². The van der Waals surface area contributed by atoms with Crippen LogP contribution in [0.3, 0.4) is 0 Å². The quantitative estimate of drug-likeness (QED) is 0.168. The zero-order valence-electron chi connectivity index (χ0n) is 29.1. The molecule has 2 aliphatic heterocycles. The van der Waals surface area contributed by atoms with Crippen LogP contribution in [-0.4, -0.2) is 0 Å². The molecular formula is C45H30F6N2O2. The van der Waals surface area contributed by atoms with Crippen molar-refractivity contribution in [3.8, 4) is 23.0 Å². The van der Waals surface area contributed by atoms with E-state index in [0.717, 1.165) is 18.2 Å². The number of rotatable bonds is 4. The van der Waals surface area contributed by atoms with Gasteiger partial charge in [0.05, 0.1) is 45.3 Å². The number of para-hydroxylation sites is 8. The SMILES string of the molecule is CC1C=C(c2cc(C(F)(F)F)ccc2N2c3ccccc3Oc3ccccc32)C=CC1c1cc(C(F)(F)F)ccc1N1c2ccccc2Oc2ccccc21. The molecule has 2 heterocycles. The van der Waals surface area contributed by atoms with Gasteiger partial charge in [-0.3, -0.25) is 0 Å². The van der Waals surface area contributed by atoms with Crippen molar-refractivity contribution in [3.63, 3.8) is 0 Å². The molecule has 0 fully saturated rings. The molecule has 0 saturated carbocycles. The molecule has 0 amide bonds. The fourth-order valence-electron chi connectivity index (χ4n) is 7.66. The first-order chi connectivity index (χ1) is 26.5. The Morgan fingerprint density at radius 3 is 1.36 bits per heavy atom. The van der Waals surface area contributed by atoms with Crippen LogP contribution in [0.4, 0.5) is 60.5 Å². The number of halogens is 6. The first-order valence-corrected chi connectivity index (χ1v) is 17.6. The Morgan fingerprint density at radius 2 is 0.909 bits per heavy atom. The average molecular weight is 745 g/mol. The molecule has 6 aromatic rings. The van der Waals surface area contributed by atoms with Gasteiger partial charge in [-0.25, -0.2) is 0 Å². The molecule has 0 N–H and O–H groups in total.